The highest BCUT2D eigenvalue weighted by Crippen LogP contribution is 2.33. The highest BCUT2D eigenvalue weighted by molar-refractivity contribution is 5.81. The number of hydrogen-bond acceptors (Lipinski definition) is 5. The molecular weight excluding hydrogens is 298 g/mol. The van der Waals surface area contributed by atoms with Gasteiger partial charge in [-0.1, -0.05) is 18.2 Å². The van der Waals surface area contributed by atoms with E-state index in [0.717, 1.165) is 0 Å². The molecule has 1 aromatic rings. The normalized spacial score (nSPS) is 25.5. The van der Waals surface area contributed by atoms with Crippen LogP contribution in [0.2, 0.25) is 0 Å². The van der Waals surface area contributed by atoms with Crippen molar-refractivity contribution in [1.82, 2.24) is 10.2 Å². The highest BCUT2D eigenvalue weighted by Gasteiger charge is 2.50. The average molecular weight is 313 g/mol. The third-order valence-electron chi connectivity index (χ3n) is 4.00. The van der Waals surface area contributed by atoms with Gasteiger partial charge in [0.05, 0.1) is 23.7 Å². The molecule has 0 bridgehead atoms. The third kappa shape index (κ3) is 2.89. The molecule has 7 heteroatoms. The summed E-state index contributed by atoms with van der Waals surface area (Å²) in [6.45, 7) is 0.296. The number of rotatable bonds is 5. The zero-order chi connectivity index (χ0) is 16.4. The lowest BCUT2D eigenvalue weighted by Crippen LogP contribution is -2.67. The minimum Gasteiger partial charge on any atom is -0.484 e. The quantitative estimate of drug-likeness (QED) is 0.802. The lowest BCUT2D eigenvalue weighted by molar-refractivity contribution is -0.144. The zero-order valence-corrected chi connectivity index (χ0v) is 12.2. The number of benzene rings is 1. The molecule has 2 heterocycles. The van der Waals surface area contributed by atoms with Gasteiger partial charge in [-0.25, -0.2) is 0 Å². The molecule has 3 unspecified atom stereocenters. The van der Waals surface area contributed by atoms with E-state index in [9.17, 15) is 14.7 Å². The monoisotopic (exact) mass is 313 g/mol. The van der Waals surface area contributed by atoms with Gasteiger partial charge < -0.3 is 15.2 Å². The number of nitrogens with zero attached hydrogens (tertiary/aromatic N) is 2. The molecule has 1 aromatic carbocycles. The van der Waals surface area contributed by atoms with Crippen molar-refractivity contribution in [3.05, 3.63) is 42.0 Å². The van der Waals surface area contributed by atoms with Crippen LogP contribution in [0.4, 0.5) is 0 Å². The fourth-order valence-corrected chi connectivity index (χ4v) is 2.91. The van der Waals surface area contributed by atoms with E-state index in [2.05, 4.69) is 5.32 Å². The molecule has 0 aliphatic carbocycles. The van der Waals surface area contributed by atoms with Gasteiger partial charge in [0.2, 0.25) is 0 Å². The Balaban J connectivity index is 1.53. The first-order valence-electron chi connectivity index (χ1n) is 7.17. The molecule has 23 heavy (non-hydrogen) atoms. The summed E-state index contributed by atoms with van der Waals surface area (Å²) in [5, 5.41) is 21.0. The average Bonchev–Trinajstić information content (AvgIpc) is 2.84. The number of hydrogen-bond donors (Lipinski definition) is 2. The number of fused-ring (bicyclic) bond motifs is 1. The molecule has 118 valence electrons. The molecular formula is C16H15N3O4. The van der Waals surface area contributed by atoms with E-state index in [1.54, 1.807) is 23.1 Å². The summed E-state index contributed by atoms with van der Waals surface area (Å²) >= 11 is 0. The molecule has 7 nitrogen and oxygen atoms in total. The fourth-order valence-electron chi connectivity index (χ4n) is 2.91. The van der Waals surface area contributed by atoms with Crippen molar-refractivity contribution < 1.29 is 19.4 Å². The molecule has 2 aliphatic rings. The predicted octanol–water partition coefficient (Wildman–Crippen LogP) is 0.151. The number of carboxylic acids is 1. The number of nitrogens with one attached hydrogen (secondary N) is 1. The van der Waals surface area contributed by atoms with Crippen molar-refractivity contribution in [2.45, 2.75) is 18.1 Å². The van der Waals surface area contributed by atoms with Crippen LogP contribution in [-0.4, -0.2) is 53.2 Å². The third-order valence-corrected chi connectivity index (χ3v) is 4.00. The molecule has 3 atom stereocenters. The second kappa shape index (κ2) is 6.10. The maximum Gasteiger partial charge on any atom is 0.326 e. The van der Waals surface area contributed by atoms with E-state index in [0.29, 0.717) is 12.3 Å². The second-order valence-corrected chi connectivity index (χ2v) is 5.44. The van der Waals surface area contributed by atoms with Gasteiger partial charge in [-0.15, -0.1) is 0 Å². The number of carbonyl (C=O) groups excluding carboxylic acids is 1. The molecule has 0 radical (unpaired) electrons. The largest absolute Gasteiger partial charge is 0.484 e. The topological polar surface area (TPSA) is 103 Å². The van der Waals surface area contributed by atoms with Gasteiger partial charge in [-0.3, -0.25) is 14.5 Å². The first-order chi connectivity index (χ1) is 11.1. The number of amides is 1. The molecule has 2 N–H and O–H groups in total. The lowest BCUT2D eigenvalue weighted by atomic mass is 9.98. The van der Waals surface area contributed by atoms with Crippen molar-refractivity contribution in [3.8, 4) is 11.8 Å². The van der Waals surface area contributed by atoms with Crippen molar-refractivity contribution in [1.29, 1.82) is 5.26 Å². The maximum absolute atomic E-state index is 11.9. The maximum atomic E-state index is 11.9. The molecule has 1 fully saturated rings. The fraction of sp³-hybridized carbons (Fsp3) is 0.312. The Morgan fingerprint density at radius 2 is 2.13 bits per heavy atom. The van der Waals surface area contributed by atoms with Crippen molar-refractivity contribution >= 4 is 11.9 Å². The zero-order valence-electron chi connectivity index (χ0n) is 12.2. The van der Waals surface area contributed by atoms with Gasteiger partial charge in [0.25, 0.3) is 5.91 Å². The summed E-state index contributed by atoms with van der Waals surface area (Å²) in [4.78, 5) is 24.8. The van der Waals surface area contributed by atoms with Gasteiger partial charge in [0, 0.05) is 6.54 Å². The number of para-hydroxylation sites is 1. The van der Waals surface area contributed by atoms with Crippen LogP contribution in [-0.2, 0) is 9.59 Å². The van der Waals surface area contributed by atoms with Crippen molar-refractivity contribution in [3.63, 3.8) is 0 Å². The minimum atomic E-state index is -1.04. The van der Waals surface area contributed by atoms with Gasteiger partial charge in [0.15, 0.2) is 6.61 Å². The van der Waals surface area contributed by atoms with Crippen LogP contribution < -0.4 is 10.1 Å². The second-order valence-electron chi connectivity index (χ2n) is 5.44. The first kappa shape index (κ1) is 15.1. The lowest BCUT2D eigenvalue weighted by Gasteiger charge is -2.45. The smallest absolute Gasteiger partial charge is 0.326 e. The standard InChI is InChI=1S/C16H15N3O4/c17-7-10-6-13-12(8-19(13)15(10)16(21)22)18-14(20)9-23-11-4-2-1-3-5-11/h1-6,12-13,15H,8-9H2,(H,18,20)(H,21,22). The van der Waals surface area contributed by atoms with Gasteiger partial charge in [-0.05, 0) is 18.2 Å². The van der Waals surface area contributed by atoms with E-state index in [-0.39, 0.29) is 30.2 Å². The van der Waals surface area contributed by atoms with Crippen LogP contribution in [0.15, 0.2) is 42.0 Å². The van der Waals surface area contributed by atoms with Crippen LogP contribution in [0.25, 0.3) is 0 Å². The number of carbonyl (C=O) groups is 2. The summed E-state index contributed by atoms with van der Waals surface area (Å²) in [6, 6.07) is 9.57. The van der Waals surface area contributed by atoms with Crippen LogP contribution in [0.3, 0.4) is 0 Å². The highest BCUT2D eigenvalue weighted by atomic mass is 16.5. The van der Waals surface area contributed by atoms with E-state index < -0.39 is 12.0 Å². The first-order valence-corrected chi connectivity index (χ1v) is 7.17. The Hall–Kier alpha value is -2.85. The Bertz CT molecular complexity index is 695. The van der Waals surface area contributed by atoms with Crippen LogP contribution in [0.1, 0.15) is 0 Å². The summed E-state index contributed by atoms with van der Waals surface area (Å²) < 4.78 is 5.36. The number of carboxylic acid groups (broad SMARTS) is 1. The van der Waals surface area contributed by atoms with Gasteiger partial charge >= 0.3 is 5.97 Å². The molecule has 0 spiro atoms. The molecule has 1 saturated heterocycles. The molecule has 1 amide bonds. The van der Waals surface area contributed by atoms with E-state index >= 15 is 0 Å². The predicted molar refractivity (Wildman–Crippen MR) is 79.5 cm³/mol. The molecule has 3 rings (SSSR count). The van der Waals surface area contributed by atoms with Crippen LogP contribution in [0, 0.1) is 11.3 Å². The Morgan fingerprint density at radius 3 is 2.78 bits per heavy atom. The molecule has 2 aliphatic heterocycles. The number of nitriles is 1. The van der Waals surface area contributed by atoms with Crippen LogP contribution >= 0.6 is 0 Å². The van der Waals surface area contributed by atoms with Crippen molar-refractivity contribution in [2.75, 3.05) is 13.2 Å². The SMILES string of the molecule is N#CC1=CC2C(NC(=O)COc3ccccc3)CN2C1C(=O)O. The number of ether oxygens (including phenoxy) is 1. The Kier molecular flexibility index (Phi) is 4.00. The van der Waals surface area contributed by atoms with Crippen molar-refractivity contribution in [2.24, 2.45) is 0 Å². The summed E-state index contributed by atoms with van der Waals surface area (Å²) in [5.41, 5.74) is 0.222. The van der Waals surface area contributed by atoms with Crippen LogP contribution in [0.5, 0.6) is 5.75 Å². The van der Waals surface area contributed by atoms with Gasteiger partial charge in [-0.2, -0.15) is 5.26 Å². The van der Waals surface area contributed by atoms with E-state index in [1.807, 2.05) is 24.3 Å². The number of aliphatic carboxylic acids is 1. The Labute approximate surface area is 132 Å². The van der Waals surface area contributed by atoms with E-state index in [1.165, 1.54) is 0 Å². The summed E-state index contributed by atoms with van der Waals surface area (Å²) in [5.74, 6) is -0.710. The summed E-state index contributed by atoms with van der Waals surface area (Å²) in [6.07, 6.45) is 1.62. The Morgan fingerprint density at radius 1 is 1.39 bits per heavy atom. The van der Waals surface area contributed by atoms with Gasteiger partial charge in [0.1, 0.15) is 11.8 Å². The molecule has 0 saturated carbocycles. The minimum absolute atomic E-state index is 0.107. The molecule has 0 aromatic heterocycles. The van der Waals surface area contributed by atoms with E-state index in [4.69, 9.17) is 10.00 Å². The summed E-state index contributed by atoms with van der Waals surface area (Å²) in [7, 11) is 0.